The Morgan fingerprint density at radius 3 is 2.32 bits per heavy atom. The summed E-state index contributed by atoms with van der Waals surface area (Å²) in [7, 11) is -4.19. The minimum absolute atomic E-state index is 0.165. The fourth-order valence-corrected chi connectivity index (χ4v) is 6.15. The largest absolute Gasteiger partial charge is 0.447 e. The Balaban J connectivity index is 1.39. The summed E-state index contributed by atoms with van der Waals surface area (Å²) in [4.78, 5) is 12.7. The zero-order valence-electron chi connectivity index (χ0n) is 17.9. The summed E-state index contributed by atoms with van der Waals surface area (Å²) in [5, 5.41) is 10.7. The van der Waals surface area contributed by atoms with E-state index in [1.807, 2.05) is 13.8 Å². The van der Waals surface area contributed by atoms with Crippen LogP contribution in [0, 0.1) is 10.8 Å². The molecule has 3 aliphatic carbocycles. The summed E-state index contributed by atoms with van der Waals surface area (Å²) in [6.07, 6.45) is 6.99. The Bertz CT molecular complexity index is 1190. The minimum atomic E-state index is -4.19. The van der Waals surface area contributed by atoms with E-state index in [-0.39, 0.29) is 10.5 Å². The van der Waals surface area contributed by atoms with Crippen molar-refractivity contribution >= 4 is 27.5 Å². The second kappa shape index (κ2) is 6.95. The van der Waals surface area contributed by atoms with Crippen LogP contribution in [0.3, 0.4) is 0 Å². The van der Waals surface area contributed by atoms with Gasteiger partial charge in [-0.25, -0.2) is 9.52 Å². The van der Waals surface area contributed by atoms with Crippen LogP contribution in [0.2, 0.25) is 0 Å². The average Bonchev–Trinajstić information content (AvgIpc) is 3.38. The summed E-state index contributed by atoms with van der Waals surface area (Å²) in [6.45, 7) is 4.03. The first-order valence-electron chi connectivity index (χ1n) is 10.8. The van der Waals surface area contributed by atoms with E-state index in [1.165, 1.54) is 17.2 Å². The lowest BCUT2D eigenvalue weighted by molar-refractivity contribution is 0.256. The Kier molecular flexibility index (Phi) is 4.55. The highest BCUT2D eigenvalue weighted by atomic mass is 32.2. The SMILES string of the molecule is CC1(C)CC(=N)c2cc(S(=O)(=O)NC(=O)Nc3c4c(cc5c3CCC5)CCC4)oc2C1. The predicted molar refractivity (Wildman–Crippen MR) is 117 cm³/mol. The first-order chi connectivity index (χ1) is 14.6. The van der Waals surface area contributed by atoms with Gasteiger partial charge in [0.05, 0.1) is 0 Å². The summed E-state index contributed by atoms with van der Waals surface area (Å²) in [6, 6.07) is 2.84. The van der Waals surface area contributed by atoms with Gasteiger partial charge in [0, 0.05) is 29.4 Å². The molecule has 0 atom stereocenters. The molecule has 0 aliphatic heterocycles. The summed E-state index contributed by atoms with van der Waals surface area (Å²) in [5.74, 6) is 0.487. The molecule has 1 aromatic carbocycles. The Hall–Kier alpha value is -2.61. The first kappa shape index (κ1) is 20.3. The van der Waals surface area contributed by atoms with Crippen LogP contribution in [-0.2, 0) is 42.1 Å². The van der Waals surface area contributed by atoms with Crippen molar-refractivity contribution in [2.45, 2.75) is 70.3 Å². The second-order valence-corrected chi connectivity index (χ2v) is 11.3. The number of hydrogen-bond donors (Lipinski definition) is 3. The molecule has 164 valence electrons. The van der Waals surface area contributed by atoms with Crippen molar-refractivity contribution in [2.75, 3.05) is 5.32 Å². The molecule has 0 fully saturated rings. The van der Waals surface area contributed by atoms with Crippen molar-refractivity contribution in [2.24, 2.45) is 5.41 Å². The Morgan fingerprint density at radius 1 is 1.03 bits per heavy atom. The highest BCUT2D eigenvalue weighted by Crippen LogP contribution is 2.39. The number of amides is 2. The molecule has 1 aromatic heterocycles. The third-order valence-electron chi connectivity index (χ3n) is 6.61. The molecule has 0 saturated heterocycles. The van der Waals surface area contributed by atoms with Crippen LogP contribution in [0.15, 0.2) is 21.6 Å². The van der Waals surface area contributed by atoms with Gasteiger partial charge in [-0.1, -0.05) is 19.9 Å². The number of hydrogen-bond acceptors (Lipinski definition) is 5. The van der Waals surface area contributed by atoms with Gasteiger partial charge >= 0.3 is 6.03 Å². The van der Waals surface area contributed by atoms with Crippen LogP contribution in [0.25, 0.3) is 0 Å². The lowest BCUT2D eigenvalue weighted by atomic mass is 9.76. The van der Waals surface area contributed by atoms with Gasteiger partial charge in [-0.3, -0.25) is 0 Å². The standard InChI is InChI=1S/C23H27N3O4S/c1-23(2)11-18(24)17-10-20(30-19(17)12-23)31(28,29)26-22(27)25-21-15-7-3-5-13(15)9-14-6-4-8-16(14)21/h9-10,24H,3-8,11-12H2,1-2H3,(H2,25,26,27). The molecule has 2 aromatic rings. The second-order valence-electron chi connectivity index (χ2n) is 9.69. The van der Waals surface area contributed by atoms with Gasteiger partial charge in [0.25, 0.3) is 10.0 Å². The van der Waals surface area contributed by atoms with E-state index < -0.39 is 16.1 Å². The Morgan fingerprint density at radius 2 is 1.68 bits per heavy atom. The minimum Gasteiger partial charge on any atom is -0.447 e. The quantitative estimate of drug-likeness (QED) is 0.665. The van der Waals surface area contributed by atoms with Gasteiger partial charge in [0.15, 0.2) is 0 Å². The van der Waals surface area contributed by atoms with Gasteiger partial charge in [-0.05, 0) is 72.6 Å². The van der Waals surface area contributed by atoms with Crippen molar-refractivity contribution in [1.29, 1.82) is 5.41 Å². The number of aryl methyl sites for hydroxylation is 2. The van der Waals surface area contributed by atoms with Gasteiger partial charge in [-0.15, -0.1) is 0 Å². The molecule has 0 spiro atoms. The first-order valence-corrected chi connectivity index (χ1v) is 12.3. The van der Waals surface area contributed by atoms with Crippen molar-refractivity contribution < 1.29 is 17.6 Å². The molecule has 3 N–H and O–H groups in total. The average molecular weight is 442 g/mol. The maximum Gasteiger partial charge on any atom is 0.333 e. The van der Waals surface area contributed by atoms with E-state index in [9.17, 15) is 13.2 Å². The number of urea groups is 1. The zero-order valence-corrected chi connectivity index (χ0v) is 18.7. The normalized spacial score (nSPS) is 19.0. The van der Waals surface area contributed by atoms with Crippen molar-refractivity contribution in [1.82, 2.24) is 4.72 Å². The van der Waals surface area contributed by atoms with Crippen LogP contribution in [0.5, 0.6) is 0 Å². The lowest BCUT2D eigenvalue weighted by Gasteiger charge is -2.28. The summed E-state index contributed by atoms with van der Waals surface area (Å²) in [5.41, 5.74) is 6.29. The fraction of sp³-hybridized carbons (Fsp3) is 0.478. The molecule has 7 nitrogen and oxygen atoms in total. The third kappa shape index (κ3) is 3.56. The van der Waals surface area contributed by atoms with Crippen LogP contribution in [-0.4, -0.2) is 20.2 Å². The lowest BCUT2D eigenvalue weighted by Crippen LogP contribution is -2.34. The van der Waals surface area contributed by atoms with E-state index in [1.54, 1.807) is 0 Å². The molecule has 0 bridgehead atoms. The number of carbonyl (C=O) groups excluding carboxylic acids is 1. The van der Waals surface area contributed by atoms with Gasteiger partial charge in [-0.2, -0.15) is 8.42 Å². The maximum atomic E-state index is 12.8. The fourth-order valence-electron chi connectivity index (χ4n) is 5.27. The monoisotopic (exact) mass is 441 g/mol. The van der Waals surface area contributed by atoms with Crippen LogP contribution >= 0.6 is 0 Å². The molecule has 0 radical (unpaired) electrons. The number of benzene rings is 1. The van der Waals surface area contributed by atoms with E-state index in [2.05, 4.69) is 16.1 Å². The molecule has 0 unspecified atom stereocenters. The molecule has 31 heavy (non-hydrogen) atoms. The molecule has 5 rings (SSSR count). The van der Waals surface area contributed by atoms with Crippen LogP contribution in [0.1, 0.15) is 66.7 Å². The molecule has 0 saturated carbocycles. The van der Waals surface area contributed by atoms with Gasteiger partial charge < -0.3 is 15.1 Å². The Labute approximate surface area is 182 Å². The molecule has 2 amide bonds. The number of anilines is 1. The van der Waals surface area contributed by atoms with Crippen molar-refractivity contribution in [3.63, 3.8) is 0 Å². The number of fused-ring (bicyclic) bond motifs is 3. The number of carbonyl (C=O) groups is 1. The smallest absolute Gasteiger partial charge is 0.333 e. The number of furan rings is 1. The topological polar surface area (TPSA) is 112 Å². The van der Waals surface area contributed by atoms with E-state index in [0.29, 0.717) is 29.9 Å². The highest BCUT2D eigenvalue weighted by Gasteiger charge is 2.35. The molecule has 1 heterocycles. The number of nitrogens with one attached hydrogen (secondary N) is 3. The van der Waals surface area contributed by atoms with Crippen LogP contribution in [0.4, 0.5) is 10.5 Å². The molecular formula is C23H27N3O4S. The van der Waals surface area contributed by atoms with Gasteiger partial charge in [0.1, 0.15) is 5.76 Å². The molecular weight excluding hydrogens is 414 g/mol. The van der Waals surface area contributed by atoms with E-state index in [0.717, 1.165) is 55.3 Å². The number of rotatable bonds is 3. The van der Waals surface area contributed by atoms with Crippen molar-refractivity contribution in [3.05, 3.63) is 45.7 Å². The summed E-state index contributed by atoms with van der Waals surface area (Å²) < 4.78 is 33.4. The predicted octanol–water partition coefficient (Wildman–Crippen LogP) is 4.11. The van der Waals surface area contributed by atoms with Crippen molar-refractivity contribution in [3.8, 4) is 0 Å². The third-order valence-corrected chi connectivity index (χ3v) is 7.79. The van der Waals surface area contributed by atoms with Gasteiger partial charge in [0.2, 0.25) is 5.09 Å². The van der Waals surface area contributed by atoms with Crippen LogP contribution < -0.4 is 10.0 Å². The highest BCUT2D eigenvalue weighted by molar-refractivity contribution is 7.89. The zero-order chi connectivity index (χ0) is 22.0. The molecule has 8 heteroatoms. The van der Waals surface area contributed by atoms with E-state index in [4.69, 9.17) is 9.83 Å². The summed E-state index contributed by atoms with van der Waals surface area (Å²) >= 11 is 0. The molecule has 3 aliphatic rings. The maximum absolute atomic E-state index is 12.8. The number of sulfonamides is 1. The van der Waals surface area contributed by atoms with E-state index >= 15 is 0 Å².